The molecule has 132 valence electrons. The standard InChI is InChI=1S/C21H22N4O/c1-14-11-12-16-7-6-10-19(20(16)24-14)23-13-18(15(2)22)21(26)25-17-8-4-3-5-9-17/h3-12,18,22-23H,13H2,1-2H3,(H,25,26). The summed E-state index contributed by atoms with van der Waals surface area (Å²) < 4.78 is 0. The Kier molecular flexibility index (Phi) is 5.27. The van der Waals surface area contributed by atoms with E-state index in [-0.39, 0.29) is 5.91 Å². The molecule has 1 unspecified atom stereocenters. The lowest BCUT2D eigenvalue weighted by atomic mass is 10.0. The van der Waals surface area contributed by atoms with E-state index in [0.717, 1.165) is 28.0 Å². The monoisotopic (exact) mass is 346 g/mol. The molecule has 26 heavy (non-hydrogen) atoms. The Morgan fingerprint density at radius 3 is 2.58 bits per heavy atom. The summed E-state index contributed by atoms with van der Waals surface area (Å²) in [6.45, 7) is 3.94. The number of fused-ring (bicyclic) bond motifs is 1. The normalized spacial score (nSPS) is 11.8. The first-order chi connectivity index (χ1) is 12.5. The average Bonchev–Trinajstić information content (AvgIpc) is 2.62. The number of para-hydroxylation sites is 2. The molecule has 3 aromatic rings. The third kappa shape index (κ3) is 4.06. The second-order valence-electron chi connectivity index (χ2n) is 6.30. The highest BCUT2D eigenvalue weighted by Gasteiger charge is 2.21. The van der Waals surface area contributed by atoms with Gasteiger partial charge in [0.15, 0.2) is 0 Å². The molecule has 5 heteroatoms. The van der Waals surface area contributed by atoms with Crippen LogP contribution >= 0.6 is 0 Å². The quantitative estimate of drug-likeness (QED) is 0.584. The lowest BCUT2D eigenvalue weighted by molar-refractivity contribution is -0.117. The van der Waals surface area contributed by atoms with Gasteiger partial charge >= 0.3 is 0 Å². The van der Waals surface area contributed by atoms with Gasteiger partial charge in [0.05, 0.1) is 17.1 Å². The number of anilines is 2. The van der Waals surface area contributed by atoms with Gasteiger partial charge in [0.1, 0.15) is 0 Å². The number of rotatable bonds is 6. The van der Waals surface area contributed by atoms with E-state index in [0.29, 0.717) is 12.3 Å². The molecule has 1 atom stereocenters. The van der Waals surface area contributed by atoms with Gasteiger partial charge in [-0.15, -0.1) is 0 Å². The summed E-state index contributed by atoms with van der Waals surface area (Å²) in [6, 6.07) is 19.2. The molecule has 0 aliphatic rings. The van der Waals surface area contributed by atoms with Crippen molar-refractivity contribution in [2.24, 2.45) is 5.92 Å². The molecule has 2 aromatic carbocycles. The Morgan fingerprint density at radius 2 is 1.85 bits per heavy atom. The maximum atomic E-state index is 12.6. The van der Waals surface area contributed by atoms with E-state index in [4.69, 9.17) is 5.41 Å². The summed E-state index contributed by atoms with van der Waals surface area (Å²) in [5.41, 5.74) is 3.72. The van der Waals surface area contributed by atoms with Crippen molar-refractivity contribution in [1.82, 2.24) is 4.98 Å². The topological polar surface area (TPSA) is 77.9 Å². The number of amides is 1. The van der Waals surface area contributed by atoms with Crippen molar-refractivity contribution in [2.75, 3.05) is 17.2 Å². The summed E-state index contributed by atoms with van der Waals surface area (Å²) in [6.07, 6.45) is 0. The molecule has 0 spiro atoms. The highest BCUT2D eigenvalue weighted by atomic mass is 16.1. The van der Waals surface area contributed by atoms with E-state index >= 15 is 0 Å². The van der Waals surface area contributed by atoms with Crippen LogP contribution in [0.2, 0.25) is 0 Å². The first-order valence-electron chi connectivity index (χ1n) is 8.56. The van der Waals surface area contributed by atoms with Crippen LogP contribution in [0.3, 0.4) is 0 Å². The largest absolute Gasteiger partial charge is 0.382 e. The fraction of sp³-hybridized carbons (Fsp3) is 0.190. The Morgan fingerprint density at radius 1 is 1.08 bits per heavy atom. The van der Waals surface area contributed by atoms with Gasteiger partial charge in [0.25, 0.3) is 0 Å². The Hall–Kier alpha value is -3.21. The number of pyridine rings is 1. The number of hydrogen-bond donors (Lipinski definition) is 3. The van der Waals surface area contributed by atoms with E-state index < -0.39 is 5.92 Å². The SMILES string of the molecule is CC(=N)C(CNc1cccc2ccc(C)nc12)C(=O)Nc1ccccc1. The molecule has 1 aromatic heterocycles. The zero-order valence-electron chi connectivity index (χ0n) is 14.9. The van der Waals surface area contributed by atoms with Crippen LogP contribution < -0.4 is 10.6 Å². The summed E-state index contributed by atoms with van der Waals surface area (Å²) in [5.74, 6) is -0.754. The molecule has 1 heterocycles. The average molecular weight is 346 g/mol. The smallest absolute Gasteiger partial charge is 0.234 e. The molecule has 0 saturated heterocycles. The van der Waals surface area contributed by atoms with Crippen molar-refractivity contribution < 1.29 is 4.79 Å². The minimum atomic E-state index is -0.560. The molecule has 5 nitrogen and oxygen atoms in total. The van der Waals surface area contributed by atoms with Crippen LogP contribution in [0, 0.1) is 18.3 Å². The van der Waals surface area contributed by atoms with Crippen LogP contribution in [0.1, 0.15) is 12.6 Å². The fourth-order valence-electron chi connectivity index (χ4n) is 2.79. The zero-order valence-corrected chi connectivity index (χ0v) is 14.9. The zero-order chi connectivity index (χ0) is 18.5. The molecular formula is C21H22N4O. The van der Waals surface area contributed by atoms with E-state index in [1.54, 1.807) is 6.92 Å². The van der Waals surface area contributed by atoms with Gasteiger partial charge in [-0.3, -0.25) is 9.78 Å². The highest BCUT2D eigenvalue weighted by Crippen LogP contribution is 2.22. The van der Waals surface area contributed by atoms with E-state index in [1.165, 1.54) is 0 Å². The van der Waals surface area contributed by atoms with Crippen molar-refractivity contribution in [2.45, 2.75) is 13.8 Å². The van der Waals surface area contributed by atoms with Crippen LogP contribution in [0.25, 0.3) is 10.9 Å². The molecule has 0 saturated carbocycles. The number of carbonyl (C=O) groups is 1. The van der Waals surface area contributed by atoms with Crippen LogP contribution in [0.4, 0.5) is 11.4 Å². The van der Waals surface area contributed by atoms with Crippen molar-refractivity contribution in [1.29, 1.82) is 5.41 Å². The number of aromatic nitrogens is 1. The van der Waals surface area contributed by atoms with Crippen LogP contribution in [0.15, 0.2) is 60.7 Å². The summed E-state index contributed by atoms with van der Waals surface area (Å²) in [5, 5.41) is 15.2. The summed E-state index contributed by atoms with van der Waals surface area (Å²) in [7, 11) is 0. The number of carbonyl (C=O) groups excluding carboxylic acids is 1. The van der Waals surface area contributed by atoms with Gasteiger partial charge in [0.2, 0.25) is 5.91 Å². The minimum Gasteiger partial charge on any atom is -0.382 e. The van der Waals surface area contributed by atoms with Crippen LogP contribution in [-0.2, 0) is 4.79 Å². The molecule has 0 aliphatic heterocycles. The van der Waals surface area contributed by atoms with Crippen LogP contribution in [0.5, 0.6) is 0 Å². The molecular weight excluding hydrogens is 324 g/mol. The van der Waals surface area contributed by atoms with E-state index in [9.17, 15) is 4.79 Å². The Balaban J connectivity index is 1.76. The lowest BCUT2D eigenvalue weighted by Crippen LogP contribution is -2.33. The van der Waals surface area contributed by atoms with Gasteiger partial charge < -0.3 is 16.0 Å². The molecule has 0 aliphatic carbocycles. The predicted molar refractivity (Wildman–Crippen MR) is 107 cm³/mol. The minimum absolute atomic E-state index is 0.194. The molecule has 1 amide bonds. The van der Waals surface area contributed by atoms with Gasteiger partial charge in [0, 0.05) is 29.0 Å². The third-order valence-electron chi connectivity index (χ3n) is 4.24. The van der Waals surface area contributed by atoms with Crippen molar-refractivity contribution in [3.05, 3.63) is 66.4 Å². The van der Waals surface area contributed by atoms with Crippen LogP contribution in [-0.4, -0.2) is 23.1 Å². The first-order valence-corrected chi connectivity index (χ1v) is 8.56. The number of nitrogens with one attached hydrogen (secondary N) is 3. The highest BCUT2D eigenvalue weighted by molar-refractivity contribution is 6.08. The molecule has 3 rings (SSSR count). The molecule has 0 bridgehead atoms. The van der Waals surface area contributed by atoms with Crippen molar-refractivity contribution in [3.8, 4) is 0 Å². The fourth-order valence-corrected chi connectivity index (χ4v) is 2.79. The predicted octanol–water partition coefficient (Wildman–Crippen LogP) is 4.25. The summed E-state index contributed by atoms with van der Waals surface area (Å²) >= 11 is 0. The van der Waals surface area contributed by atoms with E-state index in [1.807, 2.05) is 67.6 Å². The second kappa shape index (κ2) is 7.78. The third-order valence-corrected chi connectivity index (χ3v) is 4.24. The van der Waals surface area contributed by atoms with Gasteiger partial charge in [-0.1, -0.05) is 36.4 Å². The van der Waals surface area contributed by atoms with Gasteiger partial charge in [-0.05, 0) is 38.1 Å². The van der Waals surface area contributed by atoms with Crippen molar-refractivity contribution in [3.63, 3.8) is 0 Å². The molecule has 0 radical (unpaired) electrons. The van der Waals surface area contributed by atoms with Crippen molar-refractivity contribution >= 4 is 33.9 Å². The van der Waals surface area contributed by atoms with E-state index in [2.05, 4.69) is 15.6 Å². The number of benzene rings is 2. The van der Waals surface area contributed by atoms with Gasteiger partial charge in [-0.2, -0.15) is 0 Å². The number of aryl methyl sites for hydroxylation is 1. The van der Waals surface area contributed by atoms with Gasteiger partial charge in [-0.25, -0.2) is 0 Å². The lowest BCUT2D eigenvalue weighted by Gasteiger charge is -2.18. The maximum absolute atomic E-state index is 12.6. The Labute approximate surface area is 153 Å². The first kappa shape index (κ1) is 17.6. The summed E-state index contributed by atoms with van der Waals surface area (Å²) in [4.78, 5) is 17.2. The molecule has 0 fully saturated rings. The number of hydrogen-bond acceptors (Lipinski definition) is 4. The maximum Gasteiger partial charge on any atom is 0.234 e. The molecule has 3 N–H and O–H groups in total. The Bertz CT molecular complexity index is 937. The number of nitrogens with zero attached hydrogens (tertiary/aromatic N) is 1. The second-order valence-corrected chi connectivity index (χ2v) is 6.30.